The number of rotatable bonds is 4. The lowest BCUT2D eigenvalue weighted by Crippen LogP contribution is -2.34. The number of benzene rings is 9. The molecular formula is C58H38N4O2. The van der Waals surface area contributed by atoms with E-state index in [2.05, 4.69) is 199 Å². The van der Waals surface area contributed by atoms with E-state index < -0.39 is 11.8 Å². The van der Waals surface area contributed by atoms with Gasteiger partial charge in [-0.05, 0) is 105 Å². The van der Waals surface area contributed by atoms with Crippen LogP contribution in [0.5, 0.6) is 5.75 Å². The number of ether oxygens (including phenoxy) is 1. The van der Waals surface area contributed by atoms with Crippen LogP contribution in [0, 0.1) is 0 Å². The van der Waals surface area contributed by atoms with Gasteiger partial charge in [-0.25, -0.2) is 9.98 Å². The Balaban J connectivity index is 1.06. The van der Waals surface area contributed by atoms with Crippen LogP contribution in [-0.2, 0) is 0 Å². The molecule has 14 rings (SSSR count). The number of nitrogens with zero attached hydrogens (tertiary/aromatic N) is 3. The Morgan fingerprint density at radius 2 is 1.27 bits per heavy atom. The topological polar surface area (TPSA) is 64.0 Å². The lowest BCUT2D eigenvalue weighted by atomic mass is 9.82. The average Bonchev–Trinajstić information content (AvgIpc) is 3.97. The highest BCUT2D eigenvalue weighted by molar-refractivity contribution is 6.23. The molecular weight excluding hydrogens is 785 g/mol. The molecule has 2 aliphatic heterocycles. The van der Waals surface area contributed by atoms with Gasteiger partial charge in [0.2, 0.25) is 0 Å². The summed E-state index contributed by atoms with van der Waals surface area (Å²) in [5.41, 5.74) is 8.23. The second-order valence-corrected chi connectivity index (χ2v) is 17.5. The largest absolute Gasteiger partial charge is 0.482 e. The van der Waals surface area contributed by atoms with Gasteiger partial charge in [0.1, 0.15) is 34.5 Å². The molecule has 0 bridgehead atoms. The first-order valence-corrected chi connectivity index (χ1v) is 21.9. The fraction of sp³-hybridized carbons (Fsp3) is 0.0690. The van der Waals surface area contributed by atoms with Gasteiger partial charge >= 0.3 is 0 Å². The molecule has 2 aromatic heterocycles. The van der Waals surface area contributed by atoms with Crippen molar-refractivity contribution < 1.29 is 9.15 Å². The third-order valence-corrected chi connectivity index (χ3v) is 13.7. The fourth-order valence-electron chi connectivity index (χ4n) is 10.6. The Bertz CT molecular complexity index is 3870. The second-order valence-electron chi connectivity index (χ2n) is 17.5. The van der Waals surface area contributed by atoms with Crippen LogP contribution in [0.4, 0.5) is 0 Å². The Morgan fingerprint density at radius 1 is 0.594 bits per heavy atom. The van der Waals surface area contributed by atoms with Gasteiger partial charge in [0, 0.05) is 38.6 Å². The zero-order chi connectivity index (χ0) is 42.1. The van der Waals surface area contributed by atoms with E-state index in [0.29, 0.717) is 11.7 Å². The quantitative estimate of drug-likeness (QED) is 0.192. The van der Waals surface area contributed by atoms with Crippen molar-refractivity contribution in [2.75, 3.05) is 0 Å². The lowest BCUT2D eigenvalue weighted by molar-refractivity contribution is 0.155. The first-order chi connectivity index (χ1) is 31.5. The number of aromatic nitrogens is 1. The van der Waals surface area contributed by atoms with Crippen molar-refractivity contribution in [3.8, 4) is 11.4 Å². The summed E-state index contributed by atoms with van der Waals surface area (Å²) in [6, 6.07) is 60.8. The molecule has 0 saturated heterocycles. The SMILES string of the molecule is CC12C=CC=CC1c1ccc(C3=NC(c4ccc5ccccc5c4)NC(c4c(-n5c6cc7ccccc7cc6c6cc7ccccc7cc65)ccc5c4oc4ccccc45)=N3)cc1O2. The molecule has 1 N–H and O–H groups in total. The maximum atomic E-state index is 7.00. The molecule has 0 radical (unpaired) electrons. The van der Waals surface area contributed by atoms with Gasteiger partial charge in [-0.2, -0.15) is 0 Å². The summed E-state index contributed by atoms with van der Waals surface area (Å²) in [6.45, 7) is 2.15. The molecule has 0 spiro atoms. The van der Waals surface area contributed by atoms with Crippen LogP contribution < -0.4 is 10.1 Å². The molecule has 3 unspecified atom stereocenters. The number of hydrogen-bond donors (Lipinski definition) is 1. The monoisotopic (exact) mass is 822 g/mol. The Hall–Kier alpha value is -8.22. The van der Waals surface area contributed by atoms with Gasteiger partial charge in [-0.15, -0.1) is 0 Å². The van der Waals surface area contributed by atoms with E-state index in [1.54, 1.807) is 0 Å². The van der Waals surface area contributed by atoms with E-state index in [1.807, 2.05) is 12.1 Å². The molecule has 0 amide bonds. The van der Waals surface area contributed by atoms with Crippen LogP contribution in [0.1, 0.15) is 41.3 Å². The van der Waals surface area contributed by atoms with E-state index >= 15 is 0 Å². The Kier molecular flexibility index (Phi) is 7.27. The molecule has 11 aromatic rings. The summed E-state index contributed by atoms with van der Waals surface area (Å²) < 4.78 is 16.1. The van der Waals surface area contributed by atoms with Gasteiger partial charge in [0.25, 0.3) is 0 Å². The number of para-hydroxylation sites is 1. The molecule has 6 nitrogen and oxygen atoms in total. The number of aliphatic imine (C=N–C) groups is 2. The zero-order valence-electron chi connectivity index (χ0n) is 34.8. The molecule has 6 heteroatoms. The van der Waals surface area contributed by atoms with Gasteiger partial charge in [-0.1, -0.05) is 133 Å². The van der Waals surface area contributed by atoms with Crippen molar-refractivity contribution in [1.82, 2.24) is 9.88 Å². The van der Waals surface area contributed by atoms with Gasteiger partial charge < -0.3 is 19.0 Å². The van der Waals surface area contributed by atoms with E-state index in [9.17, 15) is 0 Å². The predicted octanol–water partition coefficient (Wildman–Crippen LogP) is 14.0. The Labute approximate surface area is 367 Å². The standard InChI is InChI=1S/C58H38N4O2/c1-58-27-11-10-19-47(58)44-24-23-41(33-52(44)64-58)56-59-55(40-22-21-34-12-2-3-13-35(34)28-40)60-57(61-56)53-48(26-25-43-42-18-8-9-20-51(42)63-54(43)53)62-49-31-38-16-6-4-14-36(38)29-45(49)46-30-37-15-5-7-17-39(37)32-50(46)62/h2-33,47,55H,1H3,(H,59,60,61). The van der Waals surface area contributed by atoms with Crippen molar-refractivity contribution in [1.29, 1.82) is 0 Å². The highest BCUT2D eigenvalue weighted by Gasteiger charge is 2.42. The number of fused-ring (bicyclic) bond motifs is 12. The van der Waals surface area contributed by atoms with Crippen molar-refractivity contribution in [2.45, 2.75) is 24.6 Å². The summed E-state index contributed by atoms with van der Waals surface area (Å²) in [5.74, 6) is 2.27. The minimum atomic E-state index is -0.467. The maximum absolute atomic E-state index is 7.00. The third kappa shape index (κ3) is 5.20. The van der Waals surface area contributed by atoms with Crippen LogP contribution in [0.2, 0.25) is 0 Å². The van der Waals surface area contributed by atoms with Crippen LogP contribution in [0.3, 0.4) is 0 Å². The summed E-state index contributed by atoms with van der Waals surface area (Å²) in [5, 5.41) is 15.4. The number of amidine groups is 2. The molecule has 0 saturated carbocycles. The minimum absolute atomic E-state index is 0.134. The lowest BCUT2D eigenvalue weighted by Gasteiger charge is -2.27. The highest BCUT2D eigenvalue weighted by Crippen LogP contribution is 2.48. The zero-order valence-corrected chi connectivity index (χ0v) is 34.8. The van der Waals surface area contributed by atoms with Crippen LogP contribution in [0.15, 0.2) is 209 Å². The summed E-state index contributed by atoms with van der Waals surface area (Å²) >= 11 is 0. The number of hydrogen-bond acceptors (Lipinski definition) is 5. The summed E-state index contributed by atoms with van der Waals surface area (Å²) in [7, 11) is 0. The van der Waals surface area contributed by atoms with Gasteiger partial charge in [0.15, 0.2) is 5.84 Å². The molecule has 3 atom stereocenters. The molecule has 3 aliphatic rings. The normalized spacial score (nSPS) is 19.1. The van der Waals surface area contributed by atoms with Crippen molar-refractivity contribution in [3.63, 3.8) is 0 Å². The summed E-state index contributed by atoms with van der Waals surface area (Å²) in [4.78, 5) is 11.0. The smallest absolute Gasteiger partial charge is 0.159 e. The average molecular weight is 823 g/mol. The highest BCUT2D eigenvalue weighted by atomic mass is 16.5. The molecule has 64 heavy (non-hydrogen) atoms. The first kappa shape index (κ1) is 35.4. The van der Waals surface area contributed by atoms with Crippen molar-refractivity contribution in [3.05, 3.63) is 216 Å². The minimum Gasteiger partial charge on any atom is -0.482 e. The van der Waals surface area contributed by atoms with Crippen LogP contribution in [0.25, 0.3) is 81.7 Å². The first-order valence-electron chi connectivity index (χ1n) is 21.9. The van der Waals surface area contributed by atoms with E-state index in [-0.39, 0.29) is 5.92 Å². The predicted molar refractivity (Wildman–Crippen MR) is 262 cm³/mol. The van der Waals surface area contributed by atoms with Crippen LogP contribution >= 0.6 is 0 Å². The third-order valence-electron chi connectivity index (χ3n) is 13.7. The van der Waals surface area contributed by atoms with E-state index in [0.717, 1.165) is 72.0 Å². The van der Waals surface area contributed by atoms with Crippen molar-refractivity contribution >= 4 is 87.7 Å². The Morgan fingerprint density at radius 3 is 2.02 bits per heavy atom. The number of furan rings is 1. The van der Waals surface area contributed by atoms with Gasteiger partial charge in [0.05, 0.1) is 22.3 Å². The number of allylic oxidation sites excluding steroid dienone is 2. The molecule has 302 valence electrons. The van der Waals surface area contributed by atoms with Crippen molar-refractivity contribution in [2.24, 2.45) is 9.98 Å². The second kappa shape index (κ2) is 13.1. The molecule has 1 aliphatic carbocycles. The maximum Gasteiger partial charge on any atom is 0.159 e. The molecule has 4 heterocycles. The fourth-order valence-corrected chi connectivity index (χ4v) is 10.6. The van der Waals surface area contributed by atoms with E-state index in [1.165, 1.54) is 37.7 Å². The number of nitrogens with one attached hydrogen (secondary N) is 1. The molecule has 9 aromatic carbocycles. The van der Waals surface area contributed by atoms with Crippen LogP contribution in [-0.4, -0.2) is 21.8 Å². The van der Waals surface area contributed by atoms with E-state index in [4.69, 9.17) is 19.1 Å². The summed E-state index contributed by atoms with van der Waals surface area (Å²) in [6.07, 6.45) is 8.10. The molecule has 0 fully saturated rings. The van der Waals surface area contributed by atoms with Gasteiger partial charge in [-0.3, -0.25) is 0 Å².